The fourth-order valence-electron chi connectivity index (χ4n) is 4.75. The highest BCUT2D eigenvalue weighted by Gasteiger charge is 2.35. The molecule has 0 aliphatic heterocycles. The Morgan fingerprint density at radius 1 is 0.857 bits per heavy atom. The molecule has 116 valence electrons. The number of hydrogen-bond donors (Lipinski definition) is 1. The van der Waals surface area contributed by atoms with Gasteiger partial charge in [-0.25, -0.2) is 0 Å². The van der Waals surface area contributed by atoms with Gasteiger partial charge in [-0.2, -0.15) is 0 Å². The van der Waals surface area contributed by atoms with E-state index >= 15 is 0 Å². The summed E-state index contributed by atoms with van der Waals surface area (Å²) in [4.78, 5) is 0. The predicted octanol–water partition coefficient (Wildman–Crippen LogP) is 5.25. The second-order valence-electron chi connectivity index (χ2n) is 7.62. The average Bonchev–Trinajstić information content (AvgIpc) is 2.50. The van der Waals surface area contributed by atoms with Gasteiger partial charge in [-0.3, -0.25) is 0 Å². The highest BCUT2D eigenvalue weighted by atomic mass is 16.3. The minimum Gasteiger partial charge on any atom is -0.388 e. The third kappa shape index (κ3) is 3.04. The van der Waals surface area contributed by atoms with Crippen LogP contribution in [-0.2, 0) is 0 Å². The van der Waals surface area contributed by atoms with Crippen LogP contribution < -0.4 is 0 Å². The van der Waals surface area contributed by atoms with Gasteiger partial charge in [0.2, 0.25) is 0 Å². The summed E-state index contributed by atoms with van der Waals surface area (Å²) in [6.45, 7) is 6.46. The minimum absolute atomic E-state index is 0.257. The molecule has 21 heavy (non-hydrogen) atoms. The summed E-state index contributed by atoms with van der Waals surface area (Å²) in [6.07, 6.45) is 9.24. The Labute approximate surface area is 129 Å². The van der Waals surface area contributed by atoms with E-state index in [0.717, 1.165) is 11.8 Å². The molecule has 1 heteroatoms. The predicted molar refractivity (Wildman–Crippen MR) is 88.4 cm³/mol. The summed E-state index contributed by atoms with van der Waals surface area (Å²) < 4.78 is 0. The van der Waals surface area contributed by atoms with Crippen LogP contribution in [0.5, 0.6) is 0 Å². The van der Waals surface area contributed by atoms with E-state index in [1.54, 1.807) is 0 Å². The van der Waals surface area contributed by atoms with Crippen LogP contribution in [0.15, 0.2) is 12.1 Å². The fraction of sp³-hybridized carbons (Fsp3) is 0.700. The number of aryl methyl sites for hydroxylation is 3. The number of benzene rings is 1. The van der Waals surface area contributed by atoms with E-state index in [4.69, 9.17) is 0 Å². The van der Waals surface area contributed by atoms with E-state index in [9.17, 15) is 5.11 Å². The first-order valence-corrected chi connectivity index (χ1v) is 8.82. The number of rotatable bonds is 2. The van der Waals surface area contributed by atoms with Gasteiger partial charge in [0.25, 0.3) is 0 Å². The van der Waals surface area contributed by atoms with Crippen molar-refractivity contribution in [1.29, 1.82) is 0 Å². The van der Waals surface area contributed by atoms with Gasteiger partial charge in [0.05, 0.1) is 6.10 Å². The monoisotopic (exact) mass is 286 g/mol. The first kappa shape index (κ1) is 15.1. The maximum atomic E-state index is 10.9. The third-order valence-electron chi connectivity index (χ3n) is 6.23. The van der Waals surface area contributed by atoms with E-state index in [1.165, 1.54) is 67.2 Å². The van der Waals surface area contributed by atoms with Crippen LogP contribution in [0.2, 0.25) is 0 Å². The Morgan fingerprint density at radius 3 is 2.29 bits per heavy atom. The summed E-state index contributed by atoms with van der Waals surface area (Å²) in [5, 5.41) is 10.9. The second-order valence-corrected chi connectivity index (χ2v) is 7.62. The van der Waals surface area contributed by atoms with Gasteiger partial charge in [0.15, 0.2) is 0 Å². The molecule has 1 nitrogen and oxygen atoms in total. The van der Waals surface area contributed by atoms with Crippen molar-refractivity contribution < 1.29 is 5.11 Å². The van der Waals surface area contributed by atoms with Crippen LogP contribution in [0.4, 0.5) is 0 Å². The second kappa shape index (κ2) is 6.12. The molecule has 0 saturated heterocycles. The molecule has 0 bridgehead atoms. The molecule has 2 aliphatic carbocycles. The highest BCUT2D eigenvalue weighted by Crippen LogP contribution is 2.46. The molecule has 2 saturated carbocycles. The Hall–Kier alpha value is -0.820. The number of aliphatic hydroxyl groups is 1. The molecule has 3 rings (SSSR count). The van der Waals surface area contributed by atoms with Crippen LogP contribution in [0.3, 0.4) is 0 Å². The van der Waals surface area contributed by atoms with E-state index in [2.05, 4.69) is 32.9 Å². The molecule has 0 radical (unpaired) electrons. The molecule has 0 spiro atoms. The molecule has 1 aromatic carbocycles. The summed E-state index contributed by atoms with van der Waals surface area (Å²) in [5.74, 6) is 2.33. The van der Waals surface area contributed by atoms with Gasteiger partial charge in [-0.15, -0.1) is 0 Å². The van der Waals surface area contributed by atoms with E-state index in [-0.39, 0.29) is 6.10 Å². The van der Waals surface area contributed by atoms with Gasteiger partial charge in [-0.1, -0.05) is 37.8 Å². The molecule has 0 aromatic heterocycles. The zero-order valence-electron chi connectivity index (χ0n) is 13.9. The van der Waals surface area contributed by atoms with E-state index in [1.807, 2.05) is 0 Å². The Balaban J connectivity index is 1.76. The zero-order chi connectivity index (χ0) is 15.0. The molecular weight excluding hydrogens is 256 g/mol. The molecule has 0 amide bonds. The maximum Gasteiger partial charge on any atom is 0.0820 e. The first-order valence-electron chi connectivity index (χ1n) is 8.82. The summed E-state index contributed by atoms with van der Waals surface area (Å²) in [5.41, 5.74) is 5.08. The standard InChI is InChI=1S/C20H30O/c1-13-10-15(3)19(11-14(13)2)20(21)18-9-8-16-6-4-5-7-17(16)12-18/h10-11,16-18,20-21H,4-9,12H2,1-3H3. The number of hydrogen-bond acceptors (Lipinski definition) is 1. The molecule has 2 aliphatic rings. The van der Waals surface area contributed by atoms with Crippen LogP contribution in [0, 0.1) is 38.5 Å². The Bertz CT molecular complexity index is 505. The quantitative estimate of drug-likeness (QED) is 0.787. The lowest BCUT2D eigenvalue weighted by molar-refractivity contribution is 0.0345. The SMILES string of the molecule is Cc1cc(C)c(C(O)C2CCC3CCCCC3C2)cc1C. The van der Waals surface area contributed by atoms with E-state index in [0.29, 0.717) is 5.92 Å². The molecule has 1 N–H and O–H groups in total. The van der Waals surface area contributed by atoms with Crippen molar-refractivity contribution in [2.45, 2.75) is 71.8 Å². The van der Waals surface area contributed by atoms with Crippen LogP contribution in [0.25, 0.3) is 0 Å². The summed E-state index contributed by atoms with van der Waals surface area (Å²) in [7, 11) is 0. The lowest BCUT2D eigenvalue weighted by atomic mass is 9.66. The Kier molecular flexibility index (Phi) is 4.40. The van der Waals surface area contributed by atoms with E-state index < -0.39 is 0 Å². The van der Waals surface area contributed by atoms with Crippen molar-refractivity contribution in [1.82, 2.24) is 0 Å². The minimum atomic E-state index is -0.257. The number of fused-ring (bicyclic) bond motifs is 1. The topological polar surface area (TPSA) is 20.2 Å². The van der Waals surface area contributed by atoms with Crippen molar-refractivity contribution in [3.63, 3.8) is 0 Å². The van der Waals surface area contributed by atoms with Crippen molar-refractivity contribution >= 4 is 0 Å². The van der Waals surface area contributed by atoms with Crippen LogP contribution in [0.1, 0.15) is 73.3 Å². The molecule has 2 fully saturated rings. The van der Waals surface area contributed by atoms with Crippen molar-refractivity contribution in [3.05, 3.63) is 34.4 Å². The lowest BCUT2D eigenvalue weighted by Gasteiger charge is -2.41. The Morgan fingerprint density at radius 2 is 1.52 bits per heavy atom. The highest BCUT2D eigenvalue weighted by molar-refractivity contribution is 5.37. The van der Waals surface area contributed by atoms with Gasteiger partial charge in [0.1, 0.15) is 0 Å². The zero-order valence-corrected chi connectivity index (χ0v) is 13.9. The molecular formula is C20H30O. The van der Waals surface area contributed by atoms with Gasteiger partial charge in [0, 0.05) is 0 Å². The molecule has 4 atom stereocenters. The molecule has 4 unspecified atom stereocenters. The fourth-order valence-corrected chi connectivity index (χ4v) is 4.75. The number of aliphatic hydroxyl groups excluding tert-OH is 1. The third-order valence-corrected chi connectivity index (χ3v) is 6.23. The normalized spacial score (nSPS) is 30.8. The first-order chi connectivity index (χ1) is 10.1. The van der Waals surface area contributed by atoms with Crippen LogP contribution in [-0.4, -0.2) is 5.11 Å². The smallest absolute Gasteiger partial charge is 0.0820 e. The molecule has 0 heterocycles. The summed E-state index contributed by atoms with van der Waals surface area (Å²) in [6, 6.07) is 4.46. The molecule has 1 aromatic rings. The maximum absolute atomic E-state index is 10.9. The van der Waals surface area contributed by atoms with Crippen molar-refractivity contribution in [2.75, 3.05) is 0 Å². The summed E-state index contributed by atoms with van der Waals surface area (Å²) >= 11 is 0. The van der Waals surface area contributed by atoms with Crippen molar-refractivity contribution in [3.8, 4) is 0 Å². The lowest BCUT2D eigenvalue weighted by Crippen LogP contribution is -2.30. The van der Waals surface area contributed by atoms with Gasteiger partial charge >= 0.3 is 0 Å². The van der Waals surface area contributed by atoms with Crippen LogP contribution >= 0.6 is 0 Å². The van der Waals surface area contributed by atoms with Gasteiger partial charge in [-0.05, 0) is 80.0 Å². The average molecular weight is 286 g/mol. The van der Waals surface area contributed by atoms with Crippen molar-refractivity contribution in [2.24, 2.45) is 17.8 Å². The van der Waals surface area contributed by atoms with Gasteiger partial charge < -0.3 is 5.11 Å². The largest absolute Gasteiger partial charge is 0.388 e.